The number of benzene rings is 1. The molecule has 0 aliphatic carbocycles. The second-order valence-electron chi connectivity index (χ2n) is 5.36. The second-order valence-corrected chi connectivity index (χ2v) is 7.87. The van der Waals surface area contributed by atoms with Crippen LogP contribution in [0, 0.1) is 5.82 Å². The molecule has 19 heavy (non-hydrogen) atoms. The first kappa shape index (κ1) is 16.6. The smallest absolute Gasteiger partial charge is 0.242 e. The molecule has 0 aromatic heterocycles. The quantitative estimate of drug-likeness (QED) is 0.873. The van der Waals surface area contributed by atoms with Gasteiger partial charge in [-0.15, -0.1) is 0 Å². The fourth-order valence-corrected chi connectivity index (χ4v) is 3.79. The number of rotatable bonds is 4. The van der Waals surface area contributed by atoms with Gasteiger partial charge in [0.1, 0.15) is 5.82 Å². The predicted octanol–water partition coefficient (Wildman–Crippen LogP) is 2.42. The zero-order chi connectivity index (χ0) is 15.1. The first-order chi connectivity index (χ1) is 8.37. The molecule has 0 aliphatic rings. The molecule has 0 saturated carbocycles. The van der Waals surface area contributed by atoms with Crippen LogP contribution >= 0.6 is 15.9 Å². The molecule has 1 aromatic rings. The van der Waals surface area contributed by atoms with Crippen LogP contribution in [-0.2, 0) is 10.0 Å². The first-order valence-corrected chi connectivity index (χ1v) is 7.86. The highest BCUT2D eigenvalue weighted by atomic mass is 79.9. The standard InChI is InChI=1S/C12H17BrFNO3S/c1-11(2,12(3,4)16)15-19(17,18)10-6-5-8(14)7-9(10)13/h5-7,15-16H,1-4H3. The zero-order valence-corrected chi connectivity index (χ0v) is 13.6. The van der Waals surface area contributed by atoms with Crippen molar-refractivity contribution in [3.63, 3.8) is 0 Å². The minimum absolute atomic E-state index is 0.0776. The van der Waals surface area contributed by atoms with E-state index in [0.717, 1.165) is 12.1 Å². The van der Waals surface area contributed by atoms with Gasteiger partial charge < -0.3 is 5.11 Å². The van der Waals surface area contributed by atoms with Gasteiger partial charge in [-0.1, -0.05) is 0 Å². The van der Waals surface area contributed by atoms with Crippen LogP contribution in [0.4, 0.5) is 4.39 Å². The Bertz CT molecular complexity index is 579. The lowest BCUT2D eigenvalue weighted by molar-refractivity contribution is 0.00638. The summed E-state index contributed by atoms with van der Waals surface area (Å²) in [6, 6.07) is 3.31. The Morgan fingerprint density at radius 2 is 1.79 bits per heavy atom. The molecule has 4 nitrogen and oxygen atoms in total. The third-order valence-corrected chi connectivity index (χ3v) is 5.74. The largest absolute Gasteiger partial charge is 0.389 e. The third kappa shape index (κ3) is 3.75. The highest BCUT2D eigenvalue weighted by molar-refractivity contribution is 9.10. The molecule has 0 bridgehead atoms. The molecule has 0 saturated heterocycles. The van der Waals surface area contributed by atoms with Crippen molar-refractivity contribution in [2.24, 2.45) is 0 Å². The fourth-order valence-electron chi connectivity index (χ4n) is 1.21. The van der Waals surface area contributed by atoms with Gasteiger partial charge in [0, 0.05) is 4.47 Å². The van der Waals surface area contributed by atoms with E-state index in [1.54, 1.807) is 13.8 Å². The normalized spacial score (nSPS) is 13.6. The van der Waals surface area contributed by atoms with E-state index >= 15 is 0 Å². The molecule has 1 rings (SSSR count). The van der Waals surface area contributed by atoms with Crippen LogP contribution in [0.15, 0.2) is 27.6 Å². The Morgan fingerprint density at radius 3 is 2.21 bits per heavy atom. The molecule has 0 heterocycles. The lowest BCUT2D eigenvalue weighted by atomic mass is 9.87. The van der Waals surface area contributed by atoms with Crippen molar-refractivity contribution >= 4 is 26.0 Å². The van der Waals surface area contributed by atoms with Gasteiger partial charge in [-0.05, 0) is 61.8 Å². The number of nitrogens with one attached hydrogen (secondary N) is 1. The van der Waals surface area contributed by atoms with Gasteiger partial charge in [0.25, 0.3) is 0 Å². The van der Waals surface area contributed by atoms with Crippen molar-refractivity contribution < 1.29 is 17.9 Å². The molecule has 0 spiro atoms. The SMILES string of the molecule is CC(C)(O)C(C)(C)NS(=O)(=O)c1ccc(F)cc1Br. The van der Waals surface area contributed by atoms with Gasteiger partial charge in [0.15, 0.2) is 0 Å². The van der Waals surface area contributed by atoms with Crippen molar-refractivity contribution in [2.45, 2.75) is 43.7 Å². The van der Waals surface area contributed by atoms with Crippen LogP contribution in [-0.4, -0.2) is 24.7 Å². The number of aliphatic hydroxyl groups is 1. The summed E-state index contributed by atoms with van der Waals surface area (Å²) < 4.78 is 40.0. The van der Waals surface area contributed by atoms with Crippen LogP contribution in [0.3, 0.4) is 0 Å². The average molecular weight is 354 g/mol. The Hall–Kier alpha value is -0.500. The van der Waals surface area contributed by atoms with Crippen LogP contribution in [0.1, 0.15) is 27.7 Å². The van der Waals surface area contributed by atoms with E-state index in [9.17, 15) is 17.9 Å². The molecular formula is C12H17BrFNO3S. The summed E-state index contributed by atoms with van der Waals surface area (Å²) in [5, 5.41) is 9.97. The monoisotopic (exact) mass is 353 g/mol. The first-order valence-electron chi connectivity index (χ1n) is 5.58. The molecule has 0 fully saturated rings. The molecule has 0 amide bonds. The maximum Gasteiger partial charge on any atom is 0.242 e. The maximum absolute atomic E-state index is 13.0. The summed E-state index contributed by atoms with van der Waals surface area (Å²) in [5.74, 6) is -0.535. The molecule has 0 atom stereocenters. The number of sulfonamides is 1. The molecular weight excluding hydrogens is 337 g/mol. The van der Waals surface area contributed by atoms with E-state index in [4.69, 9.17) is 0 Å². The molecule has 2 N–H and O–H groups in total. The minimum Gasteiger partial charge on any atom is -0.389 e. The van der Waals surface area contributed by atoms with E-state index in [1.807, 2.05) is 0 Å². The third-order valence-electron chi connectivity index (χ3n) is 3.10. The van der Waals surface area contributed by atoms with E-state index < -0.39 is 27.0 Å². The molecule has 0 unspecified atom stereocenters. The number of halogens is 2. The summed E-state index contributed by atoms with van der Waals surface area (Å²) >= 11 is 3.02. The molecule has 0 radical (unpaired) electrons. The summed E-state index contributed by atoms with van der Waals surface area (Å²) in [6.45, 7) is 6.16. The van der Waals surface area contributed by atoms with Gasteiger partial charge in [0.2, 0.25) is 10.0 Å². The zero-order valence-electron chi connectivity index (χ0n) is 11.2. The summed E-state index contributed by atoms with van der Waals surface area (Å²) in [4.78, 5) is -0.0776. The molecule has 1 aromatic carbocycles. The lowest BCUT2D eigenvalue weighted by Crippen LogP contribution is -2.57. The Labute approximate surface area is 121 Å². The lowest BCUT2D eigenvalue weighted by Gasteiger charge is -2.37. The summed E-state index contributed by atoms with van der Waals surface area (Å²) in [7, 11) is -3.87. The van der Waals surface area contributed by atoms with Gasteiger partial charge in [-0.2, -0.15) is 0 Å². The van der Waals surface area contributed by atoms with E-state index in [2.05, 4.69) is 20.7 Å². The van der Waals surface area contributed by atoms with Crippen molar-refractivity contribution in [2.75, 3.05) is 0 Å². The van der Waals surface area contributed by atoms with Crippen molar-refractivity contribution in [3.8, 4) is 0 Å². The molecule has 7 heteroatoms. The molecule has 0 aliphatic heterocycles. The average Bonchev–Trinajstić information content (AvgIpc) is 2.12. The van der Waals surface area contributed by atoms with E-state index in [-0.39, 0.29) is 9.37 Å². The van der Waals surface area contributed by atoms with Crippen molar-refractivity contribution in [1.82, 2.24) is 4.72 Å². The van der Waals surface area contributed by atoms with E-state index in [1.165, 1.54) is 19.9 Å². The van der Waals surface area contributed by atoms with Gasteiger partial charge in [-0.3, -0.25) is 0 Å². The predicted molar refractivity (Wildman–Crippen MR) is 74.8 cm³/mol. The van der Waals surface area contributed by atoms with Gasteiger partial charge in [-0.25, -0.2) is 17.5 Å². The van der Waals surface area contributed by atoms with Crippen LogP contribution in [0.25, 0.3) is 0 Å². The van der Waals surface area contributed by atoms with Crippen molar-refractivity contribution in [1.29, 1.82) is 0 Å². The van der Waals surface area contributed by atoms with Gasteiger partial charge >= 0.3 is 0 Å². The second kappa shape index (κ2) is 5.12. The topological polar surface area (TPSA) is 66.4 Å². The maximum atomic E-state index is 13.0. The van der Waals surface area contributed by atoms with Crippen LogP contribution in [0.5, 0.6) is 0 Å². The highest BCUT2D eigenvalue weighted by Crippen LogP contribution is 2.27. The Kier molecular flexibility index (Phi) is 4.46. The fraction of sp³-hybridized carbons (Fsp3) is 0.500. The van der Waals surface area contributed by atoms with Crippen molar-refractivity contribution in [3.05, 3.63) is 28.5 Å². The van der Waals surface area contributed by atoms with Gasteiger partial charge in [0.05, 0.1) is 16.0 Å². The molecule has 108 valence electrons. The number of hydrogen-bond acceptors (Lipinski definition) is 3. The van der Waals surface area contributed by atoms with E-state index in [0.29, 0.717) is 0 Å². The Balaban J connectivity index is 3.20. The minimum atomic E-state index is -3.87. The number of hydrogen-bond donors (Lipinski definition) is 2. The summed E-state index contributed by atoms with van der Waals surface area (Å²) in [6.07, 6.45) is 0. The Morgan fingerprint density at radius 1 is 1.26 bits per heavy atom. The summed E-state index contributed by atoms with van der Waals surface area (Å²) in [5.41, 5.74) is -2.34. The van der Waals surface area contributed by atoms with Crippen LogP contribution < -0.4 is 4.72 Å². The van der Waals surface area contributed by atoms with Crippen LogP contribution in [0.2, 0.25) is 0 Å². The highest BCUT2D eigenvalue weighted by Gasteiger charge is 2.39.